The maximum absolute atomic E-state index is 14.0. The van der Waals surface area contributed by atoms with Crippen LogP contribution < -0.4 is 15.6 Å². The number of carbonyl (C=O) groups excluding carboxylic acids is 1. The van der Waals surface area contributed by atoms with Gasteiger partial charge in [-0.15, -0.1) is 0 Å². The molecule has 0 radical (unpaired) electrons. The number of amides is 1. The summed E-state index contributed by atoms with van der Waals surface area (Å²) in [5.41, 5.74) is 3.11. The predicted octanol–water partition coefficient (Wildman–Crippen LogP) is 4.81. The van der Waals surface area contributed by atoms with Gasteiger partial charge >= 0.3 is 0 Å². The molecule has 1 aliphatic carbocycles. The lowest BCUT2D eigenvalue weighted by atomic mass is 9.65. The average molecular weight is 425 g/mol. The molecule has 0 saturated heterocycles. The van der Waals surface area contributed by atoms with Crippen molar-refractivity contribution in [2.24, 2.45) is 0 Å². The number of fused-ring (bicyclic) bond motifs is 2. The second-order valence-corrected chi connectivity index (χ2v) is 8.40. The highest BCUT2D eigenvalue weighted by Gasteiger charge is 2.51. The third-order valence-electron chi connectivity index (χ3n) is 5.80. The minimum Gasteiger partial charge on any atom is -0.328 e. The van der Waals surface area contributed by atoms with E-state index in [0.717, 1.165) is 59.7 Å². The molecule has 3 aromatic rings. The monoisotopic (exact) mass is 425 g/mol. The number of halogens is 2. The molecular weight excluding hydrogens is 408 g/mol. The Morgan fingerprint density at radius 1 is 1.03 bits per heavy atom. The van der Waals surface area contributed by atoms with Gasteiger partial charge in [0, 0.05) is 35.1 Å². The summed E-state index contributed by atoms with van der Waals surface area (Å²) in [5, 5.41) is 3.02. The summed E-state index contributed by atoms with van der Waals surface area (Å²) < 4.78 is 30.3. The highest BCUT2D eigenvalue weighted by molar-refractivity contribution is 8.00. The van der Waals surface area contributed by atoms with E-state index in [1.54, 1.807) is 12.3 Å². The first-order valence-corrected chi connectivity index (χ1v) is 10.3. The molecule has 2 aliphatic rings. The van der Waals surface area contributed by atoms with Crippen molar-refractivity contribution < 1.29 is 13.6 Å². The number of benzene rings is 2. The van der Waals surface area contributed by atoms with Crippen molar-refractivity contribution in [1.82, 2.24) is 4.98 Å². The van der Waals surface area contributed by atoms with E-state index in [-0.39, 0.29) is 16.4 Å². The van der Waals surface area contributed by atoms with E-state index in [1.807, 2.05) is 12.1 Å². The molecule has 1 amide bonds. The molecule has 30 heavy (non-hydrogen) atoms. The number of aromatic nitrogens is 1. The first kappa shape index (κ1) is 18.9. The van der Waals surface area contributed by atoms with Crippen LogP contribution in [0.15, 0.2) is 58.4 Å². The highest BCUT2D eigenvalue weighted by atomic mass is 32.2. The molecule has 0 atom stereocenters. The Balaban J connectivity index is 1.57. The van der Waals surface area contributed by atoms with Gasteiger partial charge in [0.05, 0.1) is 16.0 Å². The van der Waals surface area contributed by atoms with Crippen LogP contribution >= 0.6 is 11.9 Å². The lowest BCUT2D eigenvalue weighted by Crippen LogP contribution is -2.40. The summed E-state index contributed by atoms with van der Waals surface area (Å²) in [7, 11) is 0. The van der Waals surface area contributed by atoms with E-state index in [1.165, 1.54) is 18.2 Å². The predicted molar refractivity (Wildman–Crippen MR) is 112 cm³/mol. The maximum Gasteiger partial charge on any atom is 0.247 e. The Kier molecular flexibility index (Phi) is 4.39. The fourth-order valence-corrected chi connectivity index (χ4v) is 4.71. The number of carbonyl (C=O) groups is 1. The van der Waals surface area contributed by atoms with Gasteiger partial charge in [-0.05, 0) is 60.7 Å². The SMILES string of the molecule is O=C1Nc2c(-c3ccc(=O)[nH]c3)cc(NSc3ccc(F)cc3F)cc2C12CCC2. The minimum atomic E-state index is -0.651. The van der Waals surface area contributed by atoms with Crippen molar-refractivity contribution in [2.75, 3.05) is 10.0 Å². The average Bonchev–Trinajstić information content (AvgIpc) is 2.99. The smallest absolute Gasteiger partial charge is 0.247 e. The molecule has 1 saturated carbocycles. The molecule has 5 rings (SSSR count). The summed E-state index contributed by atoms with van der Waals surface area (Å²) in [6, 6.07) is 10.3. The van der Waals surface area contributed by atoms with Crippen LogP contribution in [0.1, 0.15) is 24.8 Å². The molecule has 2 heterocycles. The van der Waals surface area contributed by atoms with Crippen molar-refractivity contribution in [3.8, 4) is 11.1 Å². The molecule has 1 spiro atoms. The zero-order chi connectivity index (χ0) is 20.9. The molecule has 8 heteroatoms. The first-order chi connectivity index (χ1) is 14.5. The molecule has 5 nitrogen and oxygen atoms in total. The van der Waals surface area contributed by atoms with E-state index < -0.39 is 17.0 Å². The fourth-order valence-electron chi connectivity index (χ4n) is 4.07. The van der Waals surface area contributed by atoms with E-state index in [2.05, 4.69) is 15.0 Å². The zero-order valence-electron chi connectivity index (χ0n) is 15.7. The Morgan fingerprint density at radius 3 is 2.53 bits per heavy atom. The van der Waals surface area contributed by atoms with Gasteiger partial charge in [-0.3, -0.25) is 9.59 Å². The van der Waals surface area contributed by atoms with E-state index in [4.69, 9.17) is 0 Å². The Bertz CT molecular complexity index is 1220. The Labute approximate surface area is 175 Å². The second-order valence-electron chi connectivity index (χ2n) is 7.56. The number of rotatable bonds is 4. The van der Waals surface area contributed by atoms with Crippen LogP contribution in [-0.2, 0) is 10.2 Å². The number of anilines is 2. The van der Waals surface area contributed by atoms with Crippen molar-refractivity contribution in [2.45, 2.75) is 29.6 Å². The third-order valence-corrected chi connectivity index (χ3v) is 6.69. The molecule has 152 valence electrons. The van der Waals surface area contributed by atoms with Crippen molar-refractivity contribution >= 4 is 29.2 Å². The number of nitrogens with one attached hydrogen (secondary N) is 3. The summed E-state index contributed by atoms with van der Waals surface area (Å²) >= 11 is 1.03. The topological polar surface area (TPSA) is 74.0 Å². The molecule has 1 aliphatic heterocycles. The largest absolute Gasteiger partial charge is 0.328 e. The summed E-state index contributed by atoms with van der Waals surface area (Å²) in [5.74, 6) is -1.29. The second kappa shape index (κ2) is 6.98. The van der Waals surface area contributed by atoms with Crippen LogP contribution in [0.3, 0.4) is 0 Å². The molecular formula is C22H17F2N3O2S. The van der Waals surface area contributed by atoms with Gasteiger partial charge in [-0.2, -0.15) is 0 Å². The summed E-state index contributed by atoms with van der Waals surface area (Å²) in [4.78, 5) is 27.2. The molecule has 0 bridgehead atoms. The first-order valence-electron chi connectivity index (χ1n) is 9.53. The third kappa shape index (κ3) is 2.99. The zero-order valence-corrected chi connectivity index (χ0v) is 16.5. The Hall–Kier alpha value is -3.13. The quantitative estimate of drug-likeness (QED) is 0.525. The van der Waals surface area contributed by atoms with Crippen LogP contribution in [0.2, 0.25) is 0 Å². The minimum absolute atomic E-state index is 0.0104. The highest BCUT2D eigenvalue weighted by Crippen LogP contribution is 2.54. The van der Waals surface area contributed by atoms with Crippen molar-refractivity contribution in [1.29, 1.82) is 0 Å². The van der Waals surface area contributed by atoms with E-state index in [0.29, 0.717) is 5.69 Å². The van der Waals surface area contributed by atoms with Gasteiger partial charge in [-0.1, -0.05) is 6.42 Å². The molecule has 0 unspecified atom stereocenters. The lowest BCUT2D eigenvalue weighted by molar-refractivity contribution is -0.123. The van der Waals surface area contributed by atoms with Crippen LogP contribution in [0, 0.1) is 11.6 Å². The number of H-pyrrole nitrogens is 1. The fraction of sp³-hybridized carbons (Fsp3) is 0.182. The van der Waals surface area contributed by atoms with Crippen LogP contribution in [0.25, 0.3) is 11.1 Å². The molecule has 1 aromatic heterocycles. The van der Waals surface area contributed by atoms with E-state index in [9.17, 15) is 18.4 Å². The van der Waals surface area contributed by atoms with Gasteiger partial charge in [0.2, 0.25) is 11.5 Å². The normalized spacial score (nSPS) is 16.1. The lowest BCUT2D eigenvalue weighted by Gasteiger charge is -2.36. The molecule has 2 aromatic carbocycles. The van der Waals surface area contributed by atoms with Crippen LogP contribution in [-0.4, -0.2) is 10.9 Å². The number of aromatic amines is 1. The van der Waals surface area contributed by atoms with Gasteiger partial charge in [0.25, 0.3) is 0 Å². The summed E-state index contributed by atoms with van der Waals surface area (Å²) in [6.45, 7) is 0. The van der Waals surface area contributed by atoms with Gasteiger partial charge in [0.1, 0.15) is 11.6 Å². The number of hydrogen-bond donors (Lipinski definition) is 3. The van der Waals surface area contributed by atoms with Gasteiger partial charge in [-0.25, -0.2) is 8.78 Å². The Morgan fingerprint density at radius 2 is 1.87 bits per heavy atom. The van der Waals surface area contributed by atoms with Crippen molar-refractivity contribution in [3.05, 3.63) is 76.2 Å². The van der Waals surface area contributed by atoms with Gasteiger partial charge in [0.15, 0.2) is 0 Å². The molecule has 3 N–H and O–H groups in total. The number of hydrogen-bond acceptors (Lipinski definition) is 4. The summed E-state index contributed by atoms with van der Waals surface area (Å²) in [6.07, 6.45) is 4.14. The van der Waals surface area contributed by atoms with Crippen LogP contribution in [0.5, 0.6) is 0 Å². The molecule has 1 fully saturated rings. The van der Waals surface area contributed by atoms with Crippen molar-refractivity contribution in [3.63, 3.8) is 0 Å². The maximum atomic E-state index is 14.0. The van der Waals surface area contributed by atoms with E-state index >= 15 is 0 Å². The standard InChI is InChI=1S/C22H17F2N3O2S/c23-13-3-4-18(17(24)8-13)30-27-14-9-15(12-2-5-19(28)25-11-12)20-16(10-14)22(6-1-7-22)21(29)26-20/h2-5,8-11,27H,1,6-7H2,(H,25,28)(H,26,29). The van der Waals surface area contributed by atoms with Crippen LogP contribution in [0.4, 0.5) is 20.2 Å². The van der Waals surface area contributed by atoms with Gasteiger partial charge < -0.3 is 15.0 Å². The number of pyridine rings is 1.